The first kappa shape index (κ1) is 23.0. The van der Waals surface area contributed by atoms with E-state index in [9.17, 15) is 4.39 Å². The van der Waals surface area contributed by atoms with Crippen molar-refractivity contribution in [3.8, 4) is 11.5 Å². The number of hydrogen-bond donors (Lipinski definition) is 2. The van der Waals surface area contributed by atoms with Gasteiger partial charge in [0.15, 0.2) is 17.5 Å². The van der Waals surface area contributed by atoms with Gasteiger partial charge in [0, 0.05) is 25.7 Å². The lowest BCUT2D eigenvalue weighted by Crippen LogP contribution is -2.37. The maximum absolute atomic E-state index is 13.6. The van der Waals surface area contributed by atoms with E-state index < -0.39 is 0 Å². The van der Waals surface area contributed by atoms with Gasteiger partial charge in [0.05, 0.1) is 14.2 Å². The highest BCUT2D eigenvalue weighted by atomic mass is 127. The van der Waals surface area contributed by atoms with E-state index in [0.717, 1.165) is 30.9 Å². The molecule has 0 unspecified atom stereocenters. The number of nitrogens with one attached hydrogen (secondary N) is 2. The smallest absolute Gasteiger partial charge is 0.191 e. The van der Waals surface area contributed by atoms with Gasteiger partial charge in [-0.05, 0) is 36.6 Å². The lowest BCUT2D eigenvalue weighted by Gasteiger charge is -2.13. The molecule has 0 bridgehead atoms. The third kappa shape index (κ3) is 7.24. The summed E-state index contributed by atoms with van der Waals surface area (Å²) in [5.74, 6) is 1.90. The standard InChI is InChI=1S/C20H26FN3O2.HI/c1-22-20(24-14-16-8-4-5-9-17(16)21)23-12-6-7-15-10-11-18(25-2)19(13-15)26-3;/h4-5,8-11,13H,6-7,12,14H2,1-3H3,(H2,22,23,24);1H. The number of benzene rings is 2. The third-order valence-corrected chi connectivity index (χ3v) is 4.01. The van der Waals surface area contributed by atoms with Crippen molar-refractivity contribution in [3.05, 3.63) is 59.4 Å². The summed E-state index contributed by atoms with van der Waals surface area (Å²) < 4.78 is 24.2. The monoisotopic (exact) mass is 487 g/mol. The summed E-state index contributed by atoms with van der Waals surface area (Å²) in [5.41, 5.74) is 1.79. The Kier molecular flexibility index (Phi) is 10.5. The molecule has 0 saturated heterocycles. The molecule has 148 valence electrons. The Balaban J connectivity index is 0.00000364. The molecule has 0 amide bonds. The van der Waals surface area contributed by atoms with Crippen molar-refractivity contribution in [2.45, 2.75) is 19.4 Å². The highest BCUT2D eigenvalue weighted by Crippen LogP contribution is 2.27. The second-order valence-corrected chi connectivity index (χ2v) is 5.74. The Hall–Kier alpha value is -2.03. The van der Waals surface area contributed by atoms with Gasteiger partial charge in [-0.25, -0.2) is 4.39 Å². The number of nitrogens with zero attached hydrogens (tertiary/aromatic N) is 1. The quantitative estimate of drug-likeness (QED) is 0.258. The van der Waals surface area contributed by atoms with Crippen LogP contribution in [0.3, 0.4) is 0 Å². The molecule has 0 saturated carbocycles. The normalized spacial score (nSPS) is 10.7. The molecule has 5 nitrogen and oxygen atoms in total. The van der Waals surface area contributed by atoms with Gasteiger partial charge in [0.2, 0.25) is 0 Å². The molecule has 0 aliphatic carbocycles. The van der Waals surface area contributed by atoms with E-state index in [1.807, 2.05) is 24.3 Å². The number of rotatable bonds is 8. The Bertz CT molecular complexity index is 741. The molecule has 0 aromatic heterocycles. The van der Waals surface area contributed by atoms with Crippen molar-refractivity contribution in [1.82, 2.24) is 10.6 Å². The lowest BCUT2D eigenvalue weighted by molar-refractivity contribution is 0.354. The fourth-order valence-corrected chi connectivity index (χ4v) is 2.58. The zero-order valence-electron chi connectivity index (χ0n) is 15.9. The summed E-state index contributed by atoms with van der Waals surface area (Å²) in [6.45, 7) is 1.15. The van der Waals surface area contributed by atoms with Crippen molar-refractivity contribution in [3.63, 3.8) is 0 Å². The molecule has 2 rings (SSSR count). The van der Waals surface area contributed by atoms with E-state index in [1.165, 1.54) is 11.6 Å². The van der Waals surface area contributed by atoms with Crippen LogP contribution < -0.4 is 20.1 Å². The molecule has 0 heterocycles. The summed E-state index contributed by atoms with van der Waals surface area (Å²) in [4.78, 5) is 4.16. The largest absolute Gasteiger partial charge is 0.493 e. The molecule has 0 fully saturated rings. The molecular weight excluding hydrogens is 460 g/mol. The van der Waals surface area contributed by atoms with Crippen LogP contribution >= 0.6 is 24.0 Å². The third-order valence-electron chi connectivity index (χ3n) is 4.01. The summed E-state index contributed by atoms with van der Waals surface area (Å²) >= 11 is 0. The minimum absolute atomic E-state index is 0. The molecule has 2 N–H and O–H groups in total. The van der Waals surface area contributed by atoms with Crippen LogP contribution in [0.25, 0.3) is 0 Å². The van der Waals surface area contributed by atoms with Crippen molar-refractivity contribution in [2.75, 3.05) is 27.8 Å². The SMILES string of the molecule is CN=C(NCCCc1ccc(OC)c(OC)c1)NCc1ccccc1F.I. The van der Waals surface area contributed by atoms with Crippen molar-refractivity contribution in [1.29, 1.82) is 0 Å². The van der Waals surface area contributed by atoms with Crippen molar-refractivity contribution >= 4 is 29.9 Å². The maximum atomic E-state index is 13.6. The van der Waals surface area contributed by atoms with E-state index in [4.69, 9.17) is 9.47 Å². The molecule has 27 heavy (non-hydrogen) atoms. The summed E-state index contributed by atoms with van der Waals surface area (Å²) in [6.07, 6.45) is 1.83. The second-order valence-electron chi connectivity index (χ2n) is 5.74. The highest BCUT2D eigenvalue weighted by Gasteiger charge is 2.05. The van der Waals surface area contributed by atoms with Crippen LogP contribution in [-0.4, -0.2) is 33.8 Å². The van der Waals surface area contributed by atoms with E-state index >= 15 is 0 Å². The summed E-state index contributed by atoms with van der Waals surface area (Å²) in [6, 6.07) is 12.6. The molecule has 0 radical (unpaired) electrons. The topological polar surface area (TPSA) is 54.9 Å². The first-order chi connectivity index (χ1) is 12.7. The van der Waals surface area contributed by atoms with E-state index in [-0.39, 0.29) is 29.8 Å². The Morgan fingerprint density at radius 2 is 1.78 bits per heavy atom. The lowest BCUT2D eigenvalue weighted by atomic mass is 10.1. The van der Waals surface area contributed by atoms with Gasteiger partial charge < -0.3 is 20.1 Å². The van der Waals surface area contributed by atoms with E-state index in [2.05, 4.69) is 15.6 Å². The average molecular weight is 487 g/mol. The van der Waals surface area contributed by atoms with Crippen LogP contribution in [0.15, 0.2) is 47.5 Å². The van der Waals surface area contributed by atoms with Crippen molar-refractivity contribution in [2.24, 2.45) is 4.99 Å². The van der Waals surface area contributed by atoms with Gasteiger partial charge in [0.1, 0.15) is 5.82 Å². The molecule has 0 atom stereocenters. The minimum atomic E-state index is -0.219. The Morgan fingerprint density at radius 3 is 2.44 bits per heavy atom. The molecule has 0 spiro atoms. The molecule has 2 aromatic carbocycles. The van der Waals surface area contributed by atoms with Gasteiger partial charge in [0.25, 0.3) is 0 Å². The van der Waals surface area contributed by atoms with Crippen molar-refractivity contribution < 1.29 is 13.9 Å². The van der Waals surface area contributed by atoms with Crippen LogP contribution in [0.2, 0.25) is 0 Å². The number of hydrogen-bond acceptors (Lipinski definition) is 3. The van der Waals surface area contributed by atoms with Crippen LogP contribution in [0.5, 0.6) is 11.5 Å². The maximum Gasteiger partial charge on any atom is 0.191 e. The zero-order valence-corrected chi connectivity index (χ0v) is 18.3. The number of aryl methyl sites for hydroxylation is 1. The van der Waals surface area contributed by atoms with Crippen LogP contribution in [-0.2, 0) is 13.0 Å². The predicted molar refractivity (Wildman–Crippen MR) is 118 cm³/mol. The summed E-state index contributed by atoms with van der Waals surface area (Å²) in [7, 11) is 4.96. The first-order valence-electron chi connectivity index (χ1n) is 8.56. The average Bonchev–Trinajstić information content (AvgIpc) is 2.68. The molecule has 2 aromatic rings. The second kappa shape index (κ2) is 12.4. The predicted octanol–water partition coefficient (Wildman–Crippen LogP) is 3.76. The zero-order chi connectivity index (χ0) is 18.8. The van der Waals surface area contributed by atoms with Crippen LogP contribution in [0.4, 0.5) is 4.39 Å². The molecule has 7 heteroatoms. The van der Waals surface area contributed by atoms with Gasteiger partial charge in [-0.2, -0.15) is 0 Å². The van der Waals surface area contributed by atoms with Gasteiger partial charge >= 0.3 is 0 Å². The number of guanidine groups is 1. The fraction of sp³-hybridized carbons (Fsp3) is 0.350. The summed E-state index contributed by atoms with van der Waals surface area (Å²) in [5, 5.41) is 6.36. The first-order valence-corrected chi connectivity index (χ1v) is 8.56. The molecular formula is C20H27FIN3O2. The molecule has 0 aliphatic heterocycles. The minimum Gasteiger partial charge on any atom is -0.493 e. The number of methoxy groups -OCH3 is 2. The number of halogens is 2. The number of aliphatic imine (C=N–C) groups is 1. The fourth-order valence-electron chi connectivity index (χ4n) is 2.58. The van der Waals surface area contributed by atoms with Gasteiger partial charge in [-0.3, -0.25) is 4.99 Å². The van der Waals surface area contributed by atoms with Gasteiger partial charge in [-0.15, -0.1) is 24.0 Å². The van der Waals surface area contributed by atoms with Crippen LogP contribution in [0.1, 0.15) is 17.5 Å². The highest BCUT2D eigenvalue weighted by molar-refractivity contribution is 14.0. The number of ether oxygens (including phenoxy) is 2. The van der Waals surface area contributed by atoms with E-state index in [1.54, 1.807) is 33.4 Å². The Morgan fingerprint density at radius 1 is 1.04 bits per heavy atom. The molecule has 0 aliphatic rings. The van der Waals surface area contributed by atoms with E-state index in [0.29, 0.717) is 18.1 Å². The van der Waals surface area contributed by atoms with Gasteiger partial charge in [-0.1, -0.05) is 24.3 Å². The van der Waals surface area contributed by atoms with Crippen LogP contribution in [0, 0.1) is 5.82 Å². The Labute approximate surface area is 177 Å².